The molecule has 2 aromatic rings. The second-order valence-electron chi connectivity index (χ2n) is 7.64. The highest BCUT2D eigenvalue weighted by Crippen LogP contribution is 2.32. The van der Waals surface area contributed by atoms with Crippen LogP contribution in [0.2, 0.25) is 0 Å². The summed E-state index contributed by atoms with van der Waals surface area (Å²) < 4.78 is 11.4. The SMILES string of the molecule is I.NC(=NCc1ccccc1CN1CCCCC1)Nc1ccc2c(c1)OCCCO2. The largest absolute Gasteiger partial charge is 0.490 e. The number of fused-ring (bicyclic) bond motifs is 1. The van der Waals surface area contributed by atoms with E-state index in [1.54, 1.807) is 0 Å². The van der Waals surface area contributed by atoms with Crippen molar-refractivity contribution in [2.75, 3.05) is 31.6 Å². The van der Waals surface area contributed by atoms with Gasteiger partial charge in [-0.15, -0.1) is 24.0 Å². The Bertz CT molecular complexity index is 853. The minimum Gasteiger partial charge on any atom is -0.490 e. The molecule has 0 unspecified atom stereocenters. The predicted molar refractivity (Wildman–Crippen MR) is 132 cm³/mol. The Hall–Kier alpha value is -2.00. The van der Waals surface area contributed by atoms with Gasteiger partial charge in [-0.25, -0.2) is 4.99 Å². The van der Waals surface area contributed by atoms with E-state index in [9.17, 15) is 0 Å². The number of likely N-dealkylation sites (tertiary alicyclic amines) is 1. The van der Waals surface area contributed by atoms with Crippen LogP contribution >= 0.6 is 24.0 Å². The lowest BCUT2D eigenvalue weighted by atomic mass is 10.1. The maximum atomic E-state index is 6.15. The number of aliphatic imine (C=N–C) groups is 1. The molecule has 0 aliphatic carbocycles. The Labute approximate surface area is 195 Å². The van der Waals surface area contributed by atoms with Crippen molar-refractivity contribution in [3.63, 3.8) is 0 Å². The molecule has 2 aromatic carbocycles. The fourth-order valence-corrected chi connectivity index (χ4v) is 3.82. The van der Waals surface area contributed by atoms with Gasteiger partial charge in [-0.05, 0) is 49.2 Å². The number of piperidine rings is 1. The molecule has 0 bridgehead atoms. The number of hydrogen-bond acceptors (Lipinski definition) is 4. The molecule has 6 nitrogen and oxygen atoms in total. The molecule has 3 N–H and O–H groups in total. The molecule has 30 heavy (non-hydrogen) atoms. The van der Waals surface area contributed by atoms with Gasteiger partial charge < -0.3 is 20.5 Å². The van der Waals surface area contributed by atoms with E-state index in [1.165, 1.54) is 43.5 Å². The second-order valence-corrected chi connectivity index (χ2v) is 7.64. The Morgan fingerprint density at radius 2 is 1.67 bits per heavy atom. The van der Waals surface area contributed by atoms with Gasteiger partial charge in [-0.3, -0.25) is 4.90 Å². The first-order chi connectivity index (χ1) is 14.3. The average Bonchev–Trinajstić information content (AvgIpc) is 2.99. The maximum Gasteiger partial charge on any atom is 0.193 e. The molecule has 7 heteroatoms. The van der Waals surface area contributed by atoms with Crippen LogP contribution in [0.1, 0.15) is 36.8 Å². The molecule has 2 heterocycles. The van der Waals surface area contributed by atoms with Crippen molar-refractivity contribution < 1.29 is 9.47 Å². The maximum absolute atomic E-state index is 6.15. The van der Waals surface area contributed by atoms with Crippen LogP contribution in [0.4, 0.5) is 5.69 Å². The van der Waals surface area contributed by atoms with Crippen molar-refractivity contribution in [3.8, 4) is 11.5 Å². The number of hydrogen-bond donors (Lipinski definition) is 2. The summed E-state index contributed by atoms with van der Waals surface area (Å²) in [6.07, 6.45) is 4.84. The van der Waals surface area contributed by atoms with Gasteiger partial charge in [-0.2, -0.15) is 0 Å². The van der Waals surface area contributed by atoms with Crippen molar-refractivity contribution in [2.45, 2.75) is 38.8 Å². The minimum atomic E-state index is 0. The molecule has 0 spiro atoms. The van der Waals surface area contributed by atoms with E-state index in [0.717, 1.165) is 30.2 Å². The number of anilines is 1. The number of halogens is 1. The summed E-state index contributed by atoms with van der Waals surface area (Å²) in [6.45, 7) is 5.26. The molecule has 0 aromatic heterocycles. The van der Waals surface area contributed by atoms with Crippen LogP contribution in [-0.4, -0.2) is 37.2 Å². The van der Waals surface area contributed by atoms with E-state index in [-0.39, 0.29) is 24.0 Å². The van der Waals surface area contributed by atoms with Crippen LogP contribution in [0, 0.1) is 0 Å². The van der Waals surface area contributed by atoms with Gasteiger partial charge in [-0.1, -0.05) is 30.7 Å². The predicted octanol–water partition coefficient (Wildman–Crippen LogP) is 4.38. The molecule has 0 saturated carbocycles. The summed E-state index contributed by atoms with van der Waals surface area (Å²) in [5.41, 5.74) is 9.55. The molecule has 1 fully saturated rings. The number of guanidine groups is 1. The molecule has 0 radical (unpaired) electrons. The Balaban J connectivity index is 0.00000256. The van der Waals surface area contributed by atoms with E-state index < -0.39 is 0 Å². The van der Waals surface area contributed by atoms with Gasteiger partial charge in [0.1, 0.15) is 0 Å². The van der Waals surface area contributed by atoms with Crippen LogP contribution in [0.25, 0.3) is 0 Å². The topological polar surface area (TPSA) is 72.1 Å². The van der Waals surface area contributed by atoms with Crippen molar-refractivity contribution in [1.29, 1.82) is 0 Å². The first kappa shape index (κ1) is 22.7. The van der Waals surface area contributed by atoms with Crippen LogP contribution < -0.4 is 20.5 Å². The van der Waals surface area contributed by atoms with Crippen molar-refractivity contribution >= 4 is 35.6 Å². The standard InChI is InChI=1S/C23H30N4O2.HI/c24-23(26-20-9-10-21-22(15-20)29-14-6-13-28-21)25-16-18-7-2-3-8-19(18)17-27-11-4-1-5-12-27;/h2-3,7-10,15H,1,4-6,11-14,16-17H2,(H3,24,25,26);1H. The molecular weight excluding hydrogens is 491 g/mol. The summed E-state index contributed by atoms with van der Waals surface area (Å²) in [5.74, 6) is 1.91. The molecule has 0 amide bonds. The third-order valence-electron chi connectivity index (χ3n) is 5.40. The van der Waals surface area contributed by atoms with Crippen molar-refractivity contribution in [2.24, 2.45) is 10.7 Å². The normalized spacial score (nSPS) is 17.0. The fraction of sp³-hybridized carbons (Fsp3) is 0.435. The van der Waals surface area contributed by atoms with Crippen LogP contribution in [0.3, 0.4) is 0 Å². The zero-order valence-corrected chi connectivity index (χ0v) is 19.6. The summed E-state index contributed by atoms with van der Waals surface area (Å²) in [7, 11) is 0. The lowest BCUT2D eigenvalue weighted by Crippen LogP contribution is -2.29. The summed E-state index contributed by atoms with van der Waals surface area (Å²) in [4.78, 5) is 7.10. The zero-order chi connectivity index (χ0) is 19.9. The lowest BCUT2D eigenvalue weighted by Gasteiger charge is -2.27. The van der Waals surface area contributed by atoms with Gasteiger partial charge in [0.25, 0.3) is 0 Å². The molecule has 0 atom stereocenters. The summed E-state index contributed by atoms with van der Waals surface area (Å²) in [5, 5.41) is 3.17. The Morgan fingerprint density at radius 1 is 0.933 bits per heavy atom. The molecule has 4 rings (SSSR count). The highest BCUT2D eigenvalue weighted by molar-refractivity contribution is 14.0. The van der Waals surface area contributed by atoms with E-state index >= 15 is 0 Å². The van der Waals surface area contributed by atoms with E-state index in [2.05, 4.69) is 39.5 Å². The summed E-state index contributed by atoms with van der Waals surface area (Å²) in [6, 6.07) is 14.3. The monoisotopic (exact) mass is 522 g/mol. The number of nitrogens with zero attached hydrogens (tertiary/aromatic N) is 2. The fourth-order valence-electron chi connectivity index (χ4n) is 3.82. The number of nitrogens with two attached hydrogens (primary N) is 1. The molecular formula is C23H31IN4O2. The minimum absolute atomic E-state index is 0. The number of nitrogens with one attached hydrogen (secondary N) is 1. The Morgan fingerprint density at radius 3 is 2.47 bits per heavy atom. The number of benzene rings is 2. The quantitative estimate of drug-likeness (QED) is 0.347. The molecule has 2 aliphatic rings. The molecule has 1 saturated heterocycles. The van der Waals surface area contributed by atoms with E-state index in [0.29, 0.717) is 25.7 Å². The second kappa shape index (κ2) is 11.4. The number of ether oxygens (including phenoxy) is 2. The van der Waals surface area contributed by atoms with Gasteiger partial charge in [0.2, 0.25) is 0 Å². The van der Waals surface area contributed by atoms with E-state index in [4.69, 9.17) is 15.2 Å². The summed E-state index contributed by atoms with van der Waals surface area (Å²) >= 11 is 0. The lowest BCUT2D eigenvalue weighted by molar-refractivity contribution is 0.220. The van der Waals surface area contributed by atoms with Crippen LogP contribution in [0.15, 0.2) is 47.5 Å². The van der Waals surface area contributed by atoms with Gasteiger partial charge in [0.05, 0.1) is 19.8 Å². The van der Waals surface area contributed by atoms with Gasteiger partial charge in [0, 0.05) is 24.7 Å². The smallest absolute Gasteiger partial charge is 0.193 e. The first-order valence-corrected chi connectivity index (χ1v) is 10.5. The zero-order valence-electron chi connectivity index (χ0n) is 17.3. The van der Waals surface area contributed by atoms with E-state index in [1.807, 2.05) is 18.2 Å². The molecule has 2 aliphatic heterocycles. The highest BCUT2D eigenvalue weighted by atomic mass is 127. The van der Waals surface area contributed by atoms with Crippen molar-refractivity contribution in [1.82, 2.24) is 4.90 Å². The number of rotatable bonds is 5. The van der Waals surface area contributed by atoms with Gasteiger partial charge >= 0.3 is 0 Å². The third-order valence-corrected chi connectivity index (χ3v) is 5.40. The highest BCUT2D eigenvalue weighted by Gasteiger charge is 2.13. The first-order valence-electron chi connectivity index (χ1n) is 10.5. The van der Waals surface area contributed by atoms with Crippen LogP contribution in [0.5, 0.6) is 11.5 Å². The van der Waals surface area contributed by atoms with Crippen molar-refractivity contribution in [3.05, 3.63) is 53.6 Å². The Kier molecular flexibility index (Phi) is 8.62. The third kappa shape index (κ3) is 6.25. The average molecular weight is 522 g/mol. The molecule has 162 valence electrons. The van der Waals surface area contributed by atoms with Gasteiger partial charge in [0.15, 0.2) is 17.5 Å². The van der Waals surface area contributed by atoms with Crippen LogP contribution in [-0.2, 0) is 13.1 Å².